The van der Waals surface area contributed by atoms with Gasteiger partial charge in [0, 0.05) is 68.3 Å². The Morgan fingerprint density at radius 2 is 1.24 bits per heavy atom. The number of anilines is 4. The molecule has 4 N–H and O–H groups in total. The van der Waals surface area contributed by atoms with Gasteiger partial charge in [0.25, 0.3) is 11.8 Å². The zero-order valence-electron chi connectivity index (χ0n) is 42.2. The van der Waals surface area contributed by atoms with Gasteiger partial charge in [0.1, 0.15) is 19.0 Å². The highest BCUT2D eigenvalue weighted by molar-refractivity contribution is 6.15. The lowest BCUT2D eigenvalue weighted by Crippen LogP contribution is -2.44. The Kier molecular flexibility index (Phi) is 15.4. The maximum absolute atomic E-state index is 14.1. The van der Waals surface area contributed by atoms with Crippen LogP contribution in [-0.4, -0.2) is 107 Å². The van der Waals surface area contributed by atoms with Crippen LogP contribution in [0.3, 0.4) is 0 Å². The van der Waals surface area contributed by atoms with Crippen molar-refractivity contribution in [1.29, 1.82) is 0 Å². The van der Waals surface area contributed by atoms with Gasteiger partial charge in [-0.05, 0) is 90.9 Å². The summed E-state index contributed by atoms with van der Waals surface area (Å²) in [5.41, 5.74) is 7.43. The van der Waals surface area contributed by atoms with Gasteiger partial charge in [0.15, 0.2) is 23.0 Å². The predicted molar refractivity (Wildman–Crippen MR) is 281 cm³/mol. The summed E-state index contributed by atoms with van der Waals surface area (Å²) in [7, 11) is 4.55. The van der Waals surface area contributed by atoms with Crippen LogP contribution in [0.2, 0.25) is 0 Å². The van der Waals surface area contributed by atoms with E-state index in [4.69, 9.17) is 23.9 Å². The second-order valence-electron chi connectivity index (χ2n) is 18.7. The molecule has 19 heteroatoms. The molecule has 388 valence electrons. The molecule has 5 aromatic carbocycles. The van der Waals surface area contributed by atoms with Crippen molar-refractivity contribution in [3.05, 3.63) is 124 Å². The number of hydrogen-bond acceptors (Lipinski definition) is 13. The molecule has 4 aliphatic heterocycles. The van der Waals surface area contributed by atoms with Crippen molar-refractivity contribution in [3.8, 4) is 23.0 Å². The van der Waals surface area contributed by atoms with Crippen molar-refractivity contribution < 1.29 is 52.5 Å². The third kappa shape index (κ3) is 11.4. The number of methoxy groups -OCH3 is 2. The van der Waals surface area contributed by atoms with Crippen LogP contribution in [0.4, 0.5) is 28.4 Å². The van der Waals surface area contributed by atoms with Gasteiger partial charge >= 0.3 is 0 Å². The molecule has 0 radical (unpaired) electrons. The number of ether oxygens (including phenoxy) is 4. The van der Waals surface area contributed by atoms with Gasteiger partial charge in [-0.15, -0.1) is 0 Å². The number of para-hydroxylation sites is 2. The number of hydrogen-bond donors (Lipinski definition) is 4. The van der Waals surface area contributed by atoms with E-state index in [1.54, 1.807) is 54.6 Å². The average molecular weight is 1020 g/mol. The van der Waals surface area contributed by atoms with Crippen LogP contribution in [-0.2, 0) is 50.0 Å². The molecule has 6 amide bonds. The quantitative estimate of drug-likeness (QED) is 0.0699. The highest BCUT2D eigenvalue weighted by Crippen LogP contribution is 2.43. The lowest BCUT2D eigenvalue weighted by Gasteiger charge is -2.23. The zero-order valence-corrected chi connectivity index (χ0v) is 42.2. The maximum Gasteiger partial charge on any atom is 0.261 e. The number of ketones is 1. The first-order valence-electron chi connectivity index (χ1n) is 24.8. The van der Waals surface area contributed by atoms with Crippen LogP contribution in [0.1, 0.15) is 75.6 Å². The third-order valence-corrected chi connectivity index (χ3v) is 13.6. The van der Waals surface area contributed by atoms with Gasteiger partial charge < -0.3 is 54.8 Å². The van der Waals surface area contributed by atoms with E-state index in [9.17, 15) is 33.6 Å². The Labute approximate surface area is 433 Å². The van der Waals surface area contributed by atoms with Crippen molar-refractivity contribution in [2.45, 2.75) is 70.7 Å². The summed E-state index contributed by atoms with van der Waals surface area (Å²) >= 11 is 0. The minimum Gasteiger partial charge on any atom is -0.493 e. The van der Waals surface area contributed by atoms with Crippen molar-refractivity contribution in [3.63, 3.8) is 0 Å². The fraction of sp³-hybridized carbons (Fsp3) is 0.321. The van der Waals surface area contributed by atoms with E-state index < -0.39 is 30.8 Å². The number of likely N-dealkylation sites (N-methyl/N-ethyl adjacent to an activating group) is 1. The number of nitrogens with zero attached hydrogens (tertiary/aromatic N) is 4. The molecule has 0 saturated heterocycles. The minimum absolute atomic E-state index is 0.00930. The van der Waals surface area contributed by atoms with Crippen LogP contribution < -0.4 is 54.9 Å². The number of unbranched alkanes of at least 4 members (excludes halogenated alkanes) is 1. The molecule has 75 heavy (non-hydrogen) atoms. The molecule has 5 aromatic rings. The highest BCUT2D eigenvalue weighted by atomic mass is 16.5. The molecule has 4 aliphatic rings. The monoisotopic (exact) mass is 1020 g/mol. The summed E-state index contributed by atoms with van der Waals surface area (Å²) in [5, 5.41) is 10.9. The Hall–Kier alpha value is -8.74. The van der Waals surface area contributed by atoms with Gasteiger partial charge in [-0.3, -0.25) is 38.7 Å². The molecular weight excluding hydrogens is 961 g/mol. The lowest BCUT2D eigenvalue weighted by atomic mass is 10.1. The summed E-state index contributed by atoms with van der Waals surface area (Å²) in [6.07, 6.45) is 4.78. The molecule has 19 nitrogen and oxygen atoms in total. The Bertz CT molecular complexity index is 3120. The van der Waals surface area contributed by atoms with Crippen molar-refractivity contribution >= 4 is 75.9 Å². The first-order chi connectivity index (χ1) is 36.3. The van der Waals surface area contributed by atoms with Gasteiger partial charge in [0.2, 0.25) is 23.6 Å². The smallest absolute Gasteiger partial charge is 0.261 e. The number of carbonyl (C=O) groups is 7. The highest BCUT2D eigenvalue weighted by Gasteiger charge is 2.39. The van der Waals surface area contributed by atoms with E-state index >= 15 is 0 Å². The lowest BCUT2D eigenvalue weighted by molar-refractivity contribution is -0.128. The number of rotatable bonds is 20. The average Bonchev–Trinajstić information content (AvgIpc) is 3.91. The van der Waals surface area contributed by atoms with E-state index in [1.165, 1.54) is 26.0 Å². The predicted octanol–water partition coefficient (Wildman–Crippen LogP) is 5.61. The molecular formula is C56H58N8O11. The minimum atomic E-state index is -0.626. The van der Waals surface area contributed by atoms with Crippen LogP contribution in [0.5, 0.6) is 23.0 Å². The number of fused-ring (bicyclic) bond motifs is 8. The van der Waals surface area contributed by atoms with Gasteiger partial charge in [0.05, 0.1) is 68.4 Å². The number of benzene rings is 5. The largest absolute Gasteiger partial charge is 0.493 e. The molecule has 4 heterocycles. The van der Waals surface area contributed by atoms with E-state index in [2.05, 4.69) is 21.3 Å². The fourth-order valence-electron chi connectivity index (χ4n) is 9.69. The fourth-order valence-corrected chi connectivity index (χ4v) is 9.69. The molecule has 9 rings (SSSR count). The molecule has 0 aliphatic carbocycles. The maximum atomic E-state index is 14.1. The molecule has 0 aromatic heterocycles. The molecule has 0 spiro atoms. The number of amides is 6. The standard InChI is InChI=1S/C56H58N8O11/c1-33(65)11-5-10-16-51(66)59-28-52(67)60-29-53(68)61-30-54(69)62(2)38-18-34(31-74-49-24-43-41(22-47(49)72-3)55(70)63-39(26-57-43)20-36-12-6-8-14-45(36)63)17-35(19-38)32-75-50-25-44-42(23-48(50)73-4)56(71)64-40(27-58-44)21-37-13-7-9-15-46(37)64/h6-9,12-15,17-19,22-26,39-40,58H,5,10-11,16,20-21,27-32H2,1-4H3,(H,59,66)(H,60,67)(H,61,68)/t39-,40-/m0/s1. The number of nitrogens with one attached hydrogen (secondary N) is 4. The van der Waals surface area contributed by atoms with Gasteiger partial charge in [-0.2, -0.15) is 0 Å². The summed E-state index contributed by atoms with van der Waals surface area (Å²) < 4.78 is 24.4. The second-order valence-corrected chi connectivity index (χ2v) is 18.7. The Morgan fingerprint density at radius 3 is 1.91 bits per heavy atom. The van der Waals surface area contributed by atoms with Crippen molar-refractivity contribution in [2.75, 3.05) is 67.5 Å². The van der Waals surface area contributed by atoms with Gasteiger partial charge in [-0.25, -0.2) is 0 Å². The van der Waals surface area contributed by atoms with Crippen LogP contribution in [0.25, 0.3) is 0 Å². The topological polar surface area (TPSA) is 227 Å². The first kappa shape index (κ1) is 51.2. The van der Waals surface area contributed by atoms with E-state index in [0.717, 1.165) is 28.9 Å². The molecule has 0 fully saturated rings. The molecule has 2 atom stereocenters. The zero-order chi connectivity index (χ0) is 52.8. The van der Waals surface area contributed by atoms with Crippen molar-refractivity contribution in [1.82, 2.24) is 16.0 Å². The Balaban J connectivity index is 0.905. The van der Waals surface area contributed by atoms with Gasteiger partial charge in [-0.1, -0.05) is 36.4 Å². The summed E-state index contributed by atoms with van der Waals surface area (Å²) in [4.78, 5) is 99.9. The summed E-state index contributed by atoms with van der Waals surface area (Å²) in [5.74, 6) is -0.989. The molecule has 0 bridgehead atoms. The summed E-state index contributed by atoms with van der Waals surface area (Å²) in [6.45, 7) is 0.801. The first-order valence-corrected chi connectivity index (χ1v) is 24.8. The van der Waals surface area contributed by atoms with E-state index in [-0.39, 0.29) is 61.8 Å². The van der Waals surface area contributed by atoms with Crippen molar-refractivity contribution in [2.24, 2.45) is 4.99 Å². The third-order valence-electron chi connectivity index (χ3n) is 13.6. The number of carbonyl (C=O) groups excluding carboxylic acids is 7. The SMILES string of the molecule is COc1cc2c(cc1OCc1cc(COc3cc4c(cc3OC)C(=O)N3c5ccccc5C[C@H]3CN4)cc(N(C)C(=O)CNC(=O)CNC(=O)CNC(=O)CCCCC(C)=O)c1)N=C[C@@H]1Cc3ccccc3N1C2=O. The Morgan fingerprint density at radius 1 is 0.667 bits per heavy atom. The van der Waals surface area contributed by atoms with Crippen LogP contribution in [0.15, 0.2) is 96.0 Å². The normalized spacial score (nSPS) is 15.6. The number of Topliss-reactive ketones (excluding diaryl/α,β-unsaturated/α-hetero) is 1. The molecule has 0 saturated carbocycles. The van der Waals surface area contributed by atoms with E-state index in [0.29, 0.717) is 94.5 Å². The van der Waals surface area contributed by atoms with Crippen LogP contribution in [0, 0.1) is 0 Å². The van der Waals surface area contributed by atoms with E-state index in [1.807, 2.05) is 59.5 Å². The summed E-state index contributed by atoms with van der Waals surface area (Å²) in [6, 6.07) is 27.5. The second kappa shape index (κ2) is 22.6. The van der Waals surface area contributed by atoms with Crippen LogP contribution >= 0.6 is 0 Å². The molecule has 0 unspecified atom stereocenters. The number of aliphatic imine (C=N–C) groups is 1.